The number of hydrogen-bond donors (Lipinski definition) is 1. The highest BCUT2D eigenvalue weighted by Crippen LogP contribution is 2.48. The monoisotopic (exact) mass is 347 g/mol. The van der Waals surface area contributed by atoms with Crippen molar-refractivity contribution in [2.24, 2.45) is 5.41 Å². The van der Waals surface area contributed by atoms with Gasteiger partial charge in [-0.05, 0) is 30.9 Å². The first-order valence-electron chi connectivity index (χ1n) is 7.08. The van der Waals surface area contributed by atoms with Crippen molar-refractivity contribution >= 4 is 24.1 Å². The molecule has 1 N–H and O–H groups in total. The van der Waals surface area contributed by atoms with E-state index in [1.165, 1.54) is 6.92 Å². The minimum absolute atomic E-state index is 0.0785. The lowest BCUT2D eigenvalue weighted by Gasteiger charge is -2.20. The van der Waals surface area contributed by atoms with E-state index in [0.29, 0.717) is 12.4 Å². The Kier molecular flexibility index (Phi) is 6.92. The summed E-state index contributed by atoms with van der Waals surface area (Å²) in [6.45, 7) is 4.35. The first kappa shape index (κ1) is 19.0. The smallest absolute Gasteiger partial charge is 0.409 e. The van der Waals surface area contributed by atoms with Crippen LogP contribution in [0.3, 0.4) is 0 Å². The maximum Gasteiger partial charge on any atom is 0.409 e. The lowest BCUT2D eigenvalue weighted by atomic mass is 9.93. The summed E-state index contributed by atoms with van der Waals surface area (Å²) in [5.74, 6) is -0.150. The molecule has 7 heteroatoms. The lowest BCUT2D eigenvalue weighted by Crippen LogP contribution is -2.33. The number of nitrogens with one attached hydrogen (secondary N) is 1. The van der Waals surface area contributed by atoms with E-state index in [0.717, 1.165) is 6.42 Å². The average molecular weight is 348 g/mol. The van der Waals surface area contributed by atoms with Gasteiger partial charge in [0.2, 0.25) is 0 Å². The molecule has 0 aliphatic rings. The Morgan fingerprint density at radius 3 is 2.45 bits per heavy atom. The zero-order chi connectivity index (χ0) is 16.8. The van der Waals surface area contributed by atoms with E-state index in [1.807, 2.05) is 0 Å². The van der Waals surface area contributed by atoms with Crippen LogP contribution < -0.4 is 9.61 Å². The van der Waals surface area contributed by atoms with E-state index in [1.54, 1.807) is 30.3 Å². The molecule has 22 heavy (non-hydrogen) atoms. The van der Waals surface area contributed by atoms with Crippen molar-refractivity contribution in [2.45, 2.75) is 40.2 Å². The molecule has 0 aromatic heterocycles. The number of esters is 1. The molecule has 124 valence electrons. The minimum Gasteiger partial charge on any atom is -0.465 e. The Morgan fingerprint density at radius 1 is 1.32 bits per heavy atom. The molecule has 0 saturated heterocycles. The Morgan fingerprint density at radius 2 is 1.91 bits per heavy atom. The molecule has 0 heterocycles. The molecule has 0 bridgehead atoms. The Hall–Kier alpha value is -1.03. The quantitative estimate of drug-likeness (QED) is 0.586. The van der Waals surface area contributed by atoms with Crippen molar-refractivity contribution < 1.29 is 18.6 Å². The molecule has 2 atom stereocenters. The molecule has 0 aliphatic heterocycles. The van der Waals surface area contributed by atoms with E-state index in [4.69, 9.17) is 20.5 Å². The van der Waals surface area contributed by atoms with Crippen LogP contribution in [0.25, 0.3) is 0 Å². The van der Waals surface area contributed by atoms with Gasteiger partial charge in [0.05, 0.1) is 6.61 Å². The van der Waals surface area contributed by atoms with Crippen LogP contribution in [-0.2, 0) is 14.1 Å². The number of halogens is 1. The number of carbonyl (C=O) groups excluding carboxylic acids is 1. The van der Waals surface area contributed by atoms with Crippen molar-refractivity contribution in [1.82, 2.24) is 5.09 Å². The highest BCUT2D eigenvalue weighted by atomic mass is 35.7. The molecular weight excluding hydrogens is 325 g/mol. The van der Waals surface area contributed by atoms with Crippen molar-refractivity contribution in [3.8, 4) is 5.75 Å². The van der Waals surface area contributed by atoms with Crippen molar-refractivity contribution in [2.75, 3.05) is 6.61 Å². The number of benzene rings is 1. The van der Waals surface area contributed by atoms with E-state index >= 15 is 0 Å². The standard InChI is InChI=1S/C15H23ClNO4P/c1-12(14(18)20-11-10-15(2,3)4)17-22(16,19)21-13-8-6-5-7-9-13/h5-9,12H,10-11H2,1-4H3,(H,17,19)/t12-,22?/m0/s1. The number of rotatable bonds is 7. The van der Waals surface area contributed by atoms with Crippen molar-refractivity contribution in [1.29, 1.82) is 0 Å². The van der Waals surface area contributed by atoms with E-state index in [-0.39, 0.29) is 5.41 Å². The highest BCUT2D eigenvalue weighted by molar-refractivity contribution is 7.84. The summed E-state index contributed by atoms with van der Waals surface area (Å²) < 4.78 is 22.5. The van der Waals surface area contributed by atoms with Gasteiger partial charge < -0.3 is 9.26 Å². The molecule has 0 amide bonds. The van der Waals surface area contributed by atoms with Crippen LogP contribution in [0.15, 0.2) is 30.3 Å². The third-order valence-corrected chi connectivity index (χ3v) is 4.40. The summed E-state index contributed by atoms with van der Waals surface area (Å²) in [6.07, 6.45) is 0.741. The normalized spacial score (nSPS) is 15.7. The molecule has 5 nitrogen and oxygen atoms in total. The second-order valence-corrected chi connectivity index (χ2v) is 8.95. The SMILES string of the molecule is C[C@H](NP(=O)(Cl)Oc1ccccc1)C(=O)OCCC(C)(C)C. The summed E-state index contributed by atoms with van der Waals surface area (Å²) >= 11 is 5.83. The van der Waals surface area contributed by atoms with Crippen LogP contribution in [0.2, 0.25) is 0 Å². The summed E-state index contributed by atoms with van der Waals surface area (Å²) in [7, 11) is 0. The molecule has 0 saturated carbocycles. The lowest BCUT2D eigenvalue weighted by molar-refractivity contribution is -0.145. The van der Waals surface area contributed by atoms with Gasteiger partial charge in [0.15, 0.2) is 0 Å². The number of carbonyl (C=O) groups is 1. The molecule has 0 fully saturated rings. The highest BCUT2D eigenvalue weighted by Gasteiger charge is 2.28. The maximum atomic E-state index is 12.2. The summed E-state index contributed by atoms with van der Waals surface area (Å²) in [6, 6.07) is 7.69. The number of para-hydroxylation sites is 1. The maximum absolute atomic E-state index is 12.2. The minimum atomic E-state index is -3.67. The molecule has 0 radical (unpaired) electrons. The number of hydrogen-bond acceptors (Lipinski definition) is 4. The molecule has 1 rings (SSSR count). The Labute approximate surface area is 136 Å². The summed E-state index contributed by atoms with van der Waals surface area (Å²) in [4.78, 5) is 11.8. The van der Waals surface area contributed by atoms with Crippen molar-refractivity contribution in [3.05, 3.63) is 30.3 Å². The van der Waals surface area contributed by atoms with Crippen LogP contribution in [0, 0.1) is 5.41 Å². The zero-order valence-electron chi connectivity index (χ0n) is 13.3. The second kappa shape index (κ2) is 8.00. The molecule has 0 aliphatic carbocycles. The van der Waals surface area contributed by atoms with Crippen LogP contribution >= 0.6 is 18.1 Å². The van der Waals surface area contributed by atoms with Gasteiger partial charge in [-0.3, -0.25) is 4.79 Å². The molecule has 0 spiro atoms. The third-order valence-electron chi connectivity index (χ3n) is 2.76. The van der Waals surface area contributed by atoms with Crippen LogP contribution in [0.4, 0.5) is 0 Å². The predicted octanol–water partition coefficient (Wildman–Crippen LogP) is 4.37. The van der Waals surface area contributed by atoms with E-state index in [9.17, 15) is 9.36 Å². The fourth-order valence-corrected chi connectivity index (χ4v) is 3.20. The molecular formula is C15H23ClNO4P. The van der Waals surface area contributed by atoms with Gasteiger partial charge in [-0.15, -0.1) is 0 Å². The first-order valence-corrected chi connectivity index (χ1v) is 9.61. The number of ether oxygens (including phenoxy) is 1. The topological polar surface area (TPSA) is 64.6 Å². The van der Waals surface area contributed by atoms with Gasteiger partial charge >= 0.3 is 12.8 Å². The van der Waals surface area contributed by atoms with Gasteiger partial charge in [0.25, 0.3) is 0 Å². The zero-order valence-corrected chi connectivity index (χ0v) is 15.0. The summed E-state index contributed by atoms with van der Waals surface area (Å²) in [5, 5.41) is 2.48. The van der Waals surface area contributed by atoms with E-state index < -0.39 is 18.9 Å². The fourth-order valence-electron chi connectivity index (χ4n) is 1.51. The predicted molar refractivity (Wildman–Crippen MR) is 88.2 cm³/mol. The Bertz CT molecular complexity index is 530. The largest absolute Gasteiger partial charge is 0.465 e. The van der Waals surface area contributed by atoms with Crippen LogP contribution in [0.5, 0.6) is 5.75 Å². The van der Waals surface area contributed by atoms with Crippen LogP contribution in [-0.4, -0.2) is 18.6 Å². The average Bonchev–Trinajstić information content (AvgIpc) is 2.37. The van der Waals surface area contributed by atoms with Crippen LogP contribution in [0.1, 0.15) is 34.1 Å². The van der Waals surface area contributed by atoms with Gasteiger partial charge in [-0.25, -0.2) is 9.65 Å². The second-order valence-electron chi connectivity index (χ2n) is 6.21. The fraction of sp³-hybridized carbons (Fsp3) is 0.533. The Balaban J connectivity index is 2.47. The van der Waals surface area contributed by atoms with Crippen molar-refractivity contribution in [3.63, 3.8) is 0 Å². The van der Waals surface area contributed by atoms with E-state index in [2.05, 4.69) is 25.9 Å². The first-order chi connectivity index (χ1) is 10.1. The molecule has 1 aromatic rings. The van der Waals surface area contributed by atoms with Gasteiger partial charge in [-0.2, -0.15) is 0 Å². The van der Waals surface area contributed by atoms with Gasteiger partial charge in [-0.1, -0.05) is 39.0 Å². The van der Waals surface area contributed by atoms with Gasteiger partial charge in [0.1, 0.15) is 11.8 Å². The summed E-state index contributed by atoms with van der Waals surface area (Å²) in [5.41, 5.74) is 0.0785. The third kappa shape index (κ3) is 7.83. The van der Waals surface area contributed by atoms with Gasteiger partial charge in [0, 0.05) is 11.2 Å². The molecule has 1 unspecified atom stereocenters. The molecule has 1 aromatic carbocycles.